The van der Waals surface area contributed by atoms with Crippen LogP contribution in [0.25, 0.3) is 0 Å². The van der Waals surface area contributed by atoms with Gasteiger partial charge in [-0.2, -0.15) is 5.10 Å². The van der Waals surface area contributed by atoms with Crippen molar-refractivity contribution in [3.8, 4) is 0 Å². The predicted octanol–water partition coefficient (Wildman–Crippen LogP) is 1.50. The number of nitrogens with zero attached hydrogens (tertiary/aromatic N) is 3. The Hall–Kier alpha value is -2.21. The molecule has 6 nitrogen and oxygen atoms in total. The molecule has 106 valence electrons. The van der Waals surface area contributed by atoms with Crippen molar-refractivity contribution in [3.63, 3.8) is 0 Å². The number of carbonyl (C=O) groups is 1. The SMILES string of the molecule is Cc1cnccc1NC(=O)c1cnn(CCCN)c1C. The molecule has 1 amide bonds. The fourth-order valence-electron chi connectivity index (χ4n) is 1.94. The summed E-state index contributed by atoms with van der Waals surface area (Å²) in [5, 5.41) is 7.11. The third-order valence-corrected chi connectivity index (χ3v) is 3.19. The van der Waals surface area contributed by atoms with E-state index in [-0.39, 0.29) is 5.91 Å². The second-order valence-corrected chi connectivity index (χ2v) is 4.65. The smallest absolute Gasteiger partial charge is 0.259 e. The molecule has 6 heteroatoms. The zero-order valence-electron chi connectivity index (χ0n) is 11.8. The van der Waals surface area contributed by atoms with Crippen LogP contribution in [-0.4, -0.2) is 27.2 Å². The topological polar surface area (TPSA) is 85.8 Å². The van der Waals surface area contributed by atoms with Crippen LogP contribution in [0.5, 0.6) is 0 Å². The van der Waals surface area contributed by atoms with E-state index in [1.807, 2.05) is 13.8 Å². The number of carbonyl (C=O) groups excluding carboxylic acids is 1. The first-order valence-electron chi connectivity index (χ1n) is 6.58. The molecule has 2 rings (SSSR count). The lowest BCUT2D eigenvalue weighted by molar-refractivity contribution is 0.102. The van der Waals surface area contributed by atoms with Crippen molar-refractivity contribution >= 4 is 11.6 Å². The summed E-state index contributed by atoms with van der Waals surface area (Å²) in [6, 6.07) is 1.78. The van der Waals surface area contributed by atoms with E-state index in [1.165, 1.54) is 0 Å². The molecule has 0 saturated heterocycles. The molecule has 0 aliphatic heterocycles. The lowest BCUT2D eigenvalue weighted by atomic mass is 10.2. The molecule has 2 aromatic rings. The van der Waals surface area contributed by atoms with Gasteiger partial charge in [0, 0.05) is 30.3 Å². The Morgan fingerprint density at radius 3 is 2.90 bits per heavy atom. The largest absolute Gasteiger partial charge is 0.330 e. The van der Waals surface area contributed by atoms with Gasteiger partial charge >= 0.3 is 0 Å². The van der Waals surface area contributed by atoms with Crippen molar-refractivity contribution in [2.75, 3.05) is 11.9 Å². The number of nitrogens with one attached hydrogen (secondary N) is 1. The van der Waals surface area contributed by atoms with E-state index < -0.39 is 0 Å². The Balaban J connectivity index is 2.14. The first-order valence-corrected chi connectivity index (χ1v) is 6.58. The zero-order valence-corrected chi connectivity index (χ0v) is 11.8. The second kappa shape index (κ2) is 6.29. The average molecular weight is 273 g/mol. The standard InChI is InChI=1S/C14H19N5O/c1-10-8-16-6-4-13(10)18-14(20)12-9-17-19(11(12)2)7-3-5-15/h4,6,8-9H,3,5,7,15H2,1-2H3,(H,16,18,20). The Labute approximate surface area is 118 Å². The molecule has 0 bridgehead atoms. The maximum atomic E-state index is 12.3. The van der Waals surface area contributed by atoms with E-state index in [0.717, 1.165) is 29.9 Å². The van der Waals surface area contributed by atoms with Crippen molar-refractivity contribution < 1.29 is 4.79 Å². The van der Waals surface area contributed by atoms with E-state index in [2.05, 4.69) is 15.4 Å². The number of anilines is 1. The van der Waals surface area contributed by atoms with Gasteiger partial charge in [-0.05, 0) is 38.4 Å². The van der Waals surface area contributed by atoms with Gasteiger partial charge in [0.2, 0.25) is 0 Å². The quantitative estimate of drug-likeness (QED) is 0.864. The highest BCUT2D eigenvalue weighted by molar-refractivity contribution is 6.05. The minimum absolute atomic E-state index is 0.157. The summed E-state index contributed by atoms with van der Waals surface area (Å²) >= 11 is 0. The van der Waals surface area contributed by atoms with Crippen molar-refractivity contribution in [2.45, 2.75) is 26.8 Å². The van der Waals surface area contributed by atoms with Crippen molar-refractivity contribution in [3.05, 3.63) is 41.5 Å². The molecule has 0 fully saturated rings. The van der Waals surface area contributed by atoms with E-state index >= 15 is 0 Å². The summed E-state index contributed by atoms with van der Waals surface area (Å²) in [4.78, 5) is 16.3. The number of amides is 1. The Morgan fingerprint density at radius 1 is 1.40 bits per heavy atom. The fraction of sp³-hybridized carbons (Fsp3) is 0.357. The molecule has 0 unspecified atom stereocenters. The van der Waals surface area contributed by atoms with Crippen LogP contribution in [0, 0.1) is 13.8 Å². The first-order chi connectivity index (χ1) is 9.63. The van der Waals surface area contributed by atoms with Crippen LogP contribution in [0.2, 0.25) is 0 Å². The number of aryl methyl sites for hydroxylation is 2. The van der Waals surface area contributed by atoms with Crippen LogP contribution in [0.4, 0.5) is 5.69 Å². The van der Waals surface area contributed by atoms with Gasteiger partial charge in [0.25, 0.3) is 5.91 Å². The molecule has 0 atom stereocenters. The lowest BCUT2D eigenvalue weighted by Gasteiger charge is -2.08. The van der Waals surface area contributed by atoms with Gasteiger partial charge in [-0.3, -0.25) is 14.5 Å². The van der Waals surface area contributed by atoms with Crippen LogP contribution in [0.3, 0.4) is 0 Å². The molecule has 0 radical (unpaired) electrons. The van der Waals surface area contributed by atoms with Gasteiger partial charge in [-0.1, -0.05) is 0 Å². The Kier molecular flexibility index (Phi) is 4.47. The van der Waals surface area contributed by atoms with Gasteiger partial charge in [-0.25, -0.2) is 0 Å². The lowest BCUT2D eigenvalue weighted by Crippen LogP contribution is -2.14. The van der Waals surface area contributed by atoms with E-state index in [1.54, 1.807) is 29.3 Å². The van der Waals surface area contributed by atoms with Crippen LogP contribution in [-0.2, 0) is 6.54 Å². The van der Waals surface area contributed by atoms with Crippen LogP contribution < -0.4 is 11.1 Å². The Bertz CT molecular complexity index is 605. The number of hydrogen-bond acceptors (Lipinski definition) is 4. The molecule has 20 heavy (non-hydrogen) atoms. The van der Waals surface area contributed by atoms with Gasteiger partial charge in [0.1, 0.15) is 0 Å². The average Bonchev–Trinajstić information content (AvgIpc) is 2.80. The molecule has 0 aliphatic carbocycles. The maximum absolute atomic E-state index is 12.3. The molecule has 2 aromatic heterocycles. The fourth-order valence-corrected chi connectivity index (χ4v) is 1.94. The van der Waals surface area contributed by atoms with E-state index in [0.29, 0.717) is 12.1 Å². The molecule has 0 aromatic carbocycles. The number of aromatic nitrogens is 3. The molecule has 2 heterocycles. The van der Waals surface area contributed by atoms with Crippen LogP contribution >= 0.6 is 0 Å². The Morgan fingerprint density at radius 2 is 2.20 bits per heavy atom. The number of pyridine rings is 1. The van der Waals surface area contributed by atoms with Crippen LogP contribution in [0.15, 0.2) is 24.7 Å². The molecule has 0 spiro atoms. The van der Waals surface area contributed by atoms with E-state index in [9.17, 15) is 4.79 Å². The molecule has 3 N–H and O–H groups in total. The summed E-state index contributed by atoms with van der Waals surface area (Å²) in [6.45, 7) is 5.12. The minimum atomic E-state index is -0.157. The zero-order chi connectivity index (χ0) is 14.5. The van der Waals surface area contributed by atoms with Gasteiger partial charge in [-0.15, -0.1) is 0 Å². The van der Waals surface area contributed by atoms with Crippen LogP contribution in [0.1, 0.15) is 28.0 Å². The van der Waals surface area contributed by atoms with Crippen molar-refractivity contribution in [2.24, 2.45) is 5.73 Å². The van der Waals surface area contributed by atoms with E-state index in [4.69, 9.17) is 5.73 Å². The summed E-state index contributed by atoms with van der Waals surface area (Å²) in [5.41, 5.74) is 8.61. The molecule has 0 saturated carbocycles. The van der Waals surface area contributed by atoms with Crippen molar-refractivity contribution in [1.29, 1.82) is 0 Å². The number of rotatable bonds is 5. The summed E-state index contributed by atoms with van der Waals surface area (Å²) in [7, 11) is 0. The summed E-state index contributed by atoms with van der Waals surface area (Å²) < 4.78 is 1.81. The summed E-state index contributed by atoms with van der Waals surface area (Å²) in [6.07, 6.45) is 5.80. The molecular formula is C14H19N5O. The number of hydrogen-bond donors (Lipinski definition) is 2. The minimum Gasteiger partial charge on any atom is -0.330 e. The second-order valence-electron chi connectivity index (χ2n) is 4.65. The third kappa shape index (κ3) is 3.03. The number of nitrogens with two attached hydrogens (primary N) is 1. The van der Waals surface area contributed by atoms with Crippen molar-refractivity contribution in [1.82, 2.24) is 14.8 Å². The highest BCUT2D eigenvalue weighted by Gasteiger charge is 2.14. The monoisotopic (exact) mass is 273 g/mol. The summed E-state index contributed by atoms with van der Waals surface area (Å²) in [5.74, 6) is -0.157. The van der Waals surface area contributed by atoms with Gasteiger partial charge in [0.15, 0.2) is 0 Å². The maximum Gasteiger partial charge on any atom is 0.259 e. The molecule has 0 aliphatic rings. The first kappa shape index (κ1) is 14.2. The van der Waals surface area contributed by atoms with Gasteiger partial charge < -0.3 is 11.1 Å². The third-order valence-electron chi connectivity index (χ3n) is 3.19. The highest BCUT2D eigenvalue weighted by atomic mass is 16.1. The predicted molar refractivity (Wildman–Crippen MR) is 77.6 cm³/mol. The molecular weight excluding hydrogens is 254 g/mol. The van der Waals surface area contributed by atoms with Gasteiger partial charge in [0.05, 0.1) is 11.8 Å². The highest BCUT2D eigenvalue weighted by Crippen LogP contribution is 2.15. The normalized spacial score (nSPS) is 10.6.